The van der Waals surface area contributed by atoms with Crippen molar-refractivity contribution >= 4 is 10.0 Å². The normalized spacial score (nSPS) is 19.8. The molecule has 1 aromatic rings. The Balaban J connectivity index is 1.91. The van der Waals surface area contributed by atoms with Crippen LogP contribution in [0.2, 0.25) is 0 Å². The van der Waals surface area contributed by atoms with E-state index in [0.29, 0.717) is 5.75 Å². The van der Waals surface area contributed by atoms with Gasteiger partial charge in [-0.2, -0.15) is 0 Å². The number of nitrogens with one attached hydrogen (secondary N) is 2. The number of sulfonamides is 1. The number of para-hydroxylation sites is 1. The minimum absolute atomic E-state index is 0.0684. The molecule has 2 rings (SSSR count). The summed E-state index contributed by atoms with van der Waals surface area (Å²) in [6, 6.07) is 7.49. The van der Waals surface area contributed by atoms with Crippen LogP contribution in [0.4, 0.5) is 0 Å². The second kappa shape index (κ2) is 7.06. The van der Waals surface area contributed by atoms with Crippen LogP contribution >= 0.6 is 0 Å². The van der Waals surface area contributed by atoms with E-state index in [9.17, 15) is 8.42 Å². The quantitative estimate of drug-likeness (QED) is 0.829. The van der Waals surface area contributed by atoms with Gasteiger partial charge in [0.05, 0.1) is 12.9 Å². The van der Waals surface area contributed by atoms with E-state index in [-0.39, 0.29) is 18.3 Å². The molecule has 0 saturated carbocycles. The van der Waals surface area contributed by atoms with Gasteiger partial charge in [0.1, 0.15) is 5.75 Å². The van der Waals surface area contributed by atoms with Crippen molar-refractivity contribution in [2.75, 3.05) is 19.4 Å². The Kier molecular flexibility index (Phi) is 5.39. The van der Waals surface area contributed by atoms with Crippen LogP contribution in [0, 0.1) is 0 Å². The fraction of sp³-hybridized carbons (Fsp3) is 0.571. The SMILES string of the molecule is COc1ccccc1CNS(=O)(=O)CC1CCCCN1. The summed E-state index contributed by atoms with van der Waals surface area (Å²) in [4.78, 5) is 0. The summed E-state index contributed by atoms with van der Waals surface area (Å²) in [7, 11) is -1.69. The molecule has 1 aliphatic rings. The zero-order valence-corrected chi connectivity index (χ0v) is 12.6. The molecule has 0 radical (unpaired) electrons. The number of rotatable bonds is 6. The molecule has 1 fully saturated rings. The highest BCUT2D eigenvalue weighted by molar-refractivity contribution is 7.89. The molecule has 1 aliphatic heterocycles. The van der Waals surface area contributed by atoms with Gasteiger partial charge in [-0.25, -0.2) is 13.1 Å². The van der Waals surface area contributed by atoms with Crippen molar-refractivity contribution < 1.29 is 13.2 Å². The lowest BCUT2D eigenvalue weighted by molar-refractivity contribution is 0.408. The van der Waals surface area contributed by atoms with E-state index in [4.69, 9.17) is 4.74 Å². The number of methoxy groups -OCH3 is 1. The molecular weight excluding hydrogens is 276 g/mol. The van der Waals surface area contributed by atoms with Crippen LogP contribution in [-0.2, 0) is 16.6 Å². The minimum Gasteiger partial charge on any atom is -0.496 e. The molecular formula is C14H22N2O3S. The summed E-state index contributed by atoms with van der Waals surface area (Å²) in [6.45, 7) is 1.17. The zero-order chi connectivity index (χ0) is 14.4. The molecule has 1 heterocycles. The van der Waals surface area contributed by atoms with E-state index < -0.39 is 10.0 Å². The fourth-order valence-corrected chi connectivity index (χ4v) is 3.73. The highest BCUT2D eigenvalue weighted by atomic mass is 32.2. The standard InChI is InChI=1S/C14H22N2O3S/c1-19-14-8-3-2-6-12(14)10-16-20(17,18)11-13-7-4-5-9-15-13/h2-3,6,8,13,15-16H,4-5,7,9-11H2,1H3. The van der Waals surface area contributed by atoms with Crippen LogP contribution in [0.5, 0.6) is 5.75 Å². The van der Waals surface area contributed by atoms with Crippen molar-refractivity contribution in [1.29, 1.82) is 0 Å². The molecule has 1 atom stereocenters. The highest BCUT2D eigenvalue weighted by Crippen LogP contribution is 2.17. The third kappa shape index (κ3) is 4.47. The monoisotopic (exact) mass is 298 g/mol. The predicted molar refractivity (Wildman–Crippen MR) is 79.3 cm³/mol. The van der Waals surface area contributed by atoms with Crippen LogP contribution in [0.15, 0.2) is 24.3 Å². The molecule has 20 heavy (non-hydrogen) atoms. The lowest BCUT2D eigenvalue weighted by atomic mass is 10.1. The van der Waals surface area contributed by atoms with Gasteiger partial charge in [-0.3, -0.25) is 0 Å². The molecule has 0 amide bonds. The Morgan fingerprint density at radius 1 is 1.35 bits per heavy atom. The van der Waals surface area contributed by atoms with Gasteiger partial charge in [-0.05, 0) is 25.5 Å². The molecule has 1 unspecified atom stereocenters. The summed E-state index contributed by atoms with van der Waals surface area (Å²) in [6.07, 6.45) is 3.15. The maximum absolute atomic E-state index is 12.1. The van der Waals surface area contributed by atoms with Crippen LogP contribution in [0.1, 0.15) is 24.8 Å². The van der Waals surface area contributed by atoms with Gasteiger partial charge >= 0.3 is 0 Å². The van der Waals surface area contributed by atoms with E-state index in [1.807, 2.05) is 24.3 Å². The second-order valence-corrected chi connectivity index (χ2v) is 6.91. The van der Waals surface area contributed by atoms with Gasteiger partial charge in [0.2, 0.25) is 10.0 Å². The fourth-order valence-electron chi connectivity index (χ4n) is 2.43. The number of ether oxygens (including phenoxy) is 1. The Morgan fingerprint density at radius 2 is 2.15 bits per heavy atom. The third-order valence-corrected chi connectivity index (χ3v) is 4.93. The molecule has 5 nitrogen and oxygen atoms in total. The van der Waals surface area contributed by atoms with Gasteiger partial charge in [0, 0.05) is 18.2 Å². The van der Waals surface area contributed by atoms with Crippen molar-refractivity contribution in [2.45, 2.75) is 31.8 Å². The smallest absolute Gasteiger partial charge is 0.213 e. The number of benzene rings is 1. The Morgan fingerprint density at radius 3 is 2.85 bits per heavy atom. The Hall–Kier alpha value is -1.11. The largest absolute Gasteiger partial charge is 0.496 e. The summed E-state index contributed by atoms with van der Waals surface area (Å²) < 4.78 is 32.0. The van der Waals surface area contributed by atoms with Gasteiger partial charge in [-0.1, -0.05) is 24.6 Å². The highest BCUT2D eigenvalue weighted by Gasteiger charge is 2.20. The third-order valence-electron chi connectivity index (χ3n) is 3.51. The molecule has 1 saturated heterocycles. The van der Waals surface area contributed by atoms with Crippen molar-refractivity contribution in [3.05, 3.63) is 29.8 Å². The first kappa shape index (κ1) is 15.3. The second-order valence-electron chi connectivity index (χ2n) is 5.06. The molecule has 112 valence electrons. The van der Waals surface area contributed by atoms with Crippen LogP contribution < -0.4 is 14.8 Å². The van der Waals surface area contributed by atoms with Crippen LogP contribution in [0.3, 0.4) is 0 Å². The first-order chi connectivity index (χ1) is 9.61. The number of hydrogen-bond acceptors (Lipinski definition) is 4. The van der Waals surface area contributed by atoms with Crippen molar-refractivity contribution in [1.82, 2.24) is 10.0 Å². The van der Waals surface area contributed by atoms with Gasteiger partial charge in [-0.15, -0.1) is 0 Å². The maximum Gasteiger partial charge on any atom is 0.213 e. The number of hydrogen-bond donors (Lipinski definition) is 2. The van der Waals surface area contributed by atoms with E-state index in [1.165, 1.54) is 0 Å². The first-order valence-corrected chi connectivity index (χ1v) is 8.58. The topological polar surface area (TPSA) is 67.4 Å². The Bertz CT molecular complexity index is 525. The average molecular weight is 298 g/mol. The molecule has 2 N–H and O–H groups in total. The first-order valence-electron chi connectivity index (χ1n) is 6.93. The van der Waals surface area contributed by atoms with Crippen LogP contribution in [0.25, 0.3) is 0 Å². The van der Waals surface area contributed by atoms with E-state index in [1.54, 1.807) is 7.11 Å². The van der Waals surface area contributed by atoms with Gasteiger partial charge in [0.25, 0.3) is 0 Å². The van der Waals surface area contributed by atoms with Crippen molar-refractivity contribution in [3.8, 4) is 5.75 Å². The lowest BCUT2D eigenvalue weighted by Crippen LogP contribution is -2.42. The molecule has 0 spiro atoms. The molecule has 1 aromatic carbocycles. The van der Waals surface area contributed by atoms with Gasteiger partial charge in [0.15, 0.2) is 0 Å². The lowest BCUT2D eigenvalue weighted by Gasteiger charge is -2.23. The predicted octanol–water partition coefficient (Wildman–Crippen LogP) is 1.26. The maximum atomic E-state index is 12.1. The average Bonchev–Trinajstić information content (AvgIpc) is 2.46. The molecule has 6 heteroatoms. The summed E-state index contributed by atoms with van der Waals surface area (Å²) in [5.41, 5.74) is 0.843. The van der Waals surface area contributed by atoms with Gasteiger partial charge < -0.3 is 10.1 Å². The van der Waals surface area contributed by atoms with E-state index in [0.717, 1.165) is 31.4 Å². The summed E-state index contributed by atoms with van der Waals surface area (Å²) in [5.74, 6) is 0.841. The summed E-state index contributed by atoms with van der Waals surface area (Å²) >= 11 is 0. The molecule has 0 aliphatic carbocycles. The Labute approximate surface area is 120 Å². The van der Waals surface area contributed by atoms with Crippen LogP contribution in [-0.4, -0.2) is 33.9 Å². The molecule has 0 bridgehead atoms. The minimum atomic E-state index is -3.27. The van der Waals surface area contributed by atoms with E-state index in [2.05, 4.69) is 10.0 Å². The number of piperidine rings is 1. The van der Waals surface area contributed by atoms with Crippen molar-refractivity contribution in [2.24, 2.45) is 0 Å². The summed E-state index contributed by atoms with van der Waals surface area (Å²) in [5, 5.41) is 3.25. The molecule has 0 aromatic heterocycles. The van der Waals surface area contributed by atoms with Crippen molar-refractivity contribution in [3.63, 3.8) is 0 Å². The zero-order valence-electron chi connectivity index (χ0n) is 11.8. The van der Waals surface area contributed by atoms with E-state index >= 15 is 0 Å².